The van der Waals surface area contributed by atoms with Crippen LogP contribution in [-0.2, 0) is 4.57 Å². The molecule has 0 saturated heterocycles. The van der Waals surface area contributed by atoms with Gasteiger partial charge in [0.1, 0.15) is 11.5 Å². The molecule has 0 aromatic heterocycles. The Bertz CT molecular complexity index is 668. The number of para-hydroxylation sites is 2. The molecule has 0 heterocycles. The molecule has 0 unspecified atom stereocenters. The zero-order valence-corrected chi connectivity index (χ0v) is 21.5. The van der Waals surface area contributed by atoms with Gasteiger partial charge in [-0.05, 0) is 50.2 Å². The minimum absolute atomic E-state index is 0.286. The van der Waals surface area contributed by atoms with E-state index in [9.17, 15) is 9.46 Å². The fourth-order valence-electron chi connectivity index (χ4n) is 3.29. The van der Waals surface area contributed by atoms with E-state index in [1.54, 1.807) is 60.7 Å². The van der Waals surface area contributed by atoms with Crippen molar-refractivity contribution in [1.29, 1.82) is 0 Å². The van der Waals surface area contributed by atoms with E-state index in [4.69, 9.17) is 9.05 Å². The summed E-state index contributed by atoms with van der Waals surface area (Å²) >= 11 is 0. The number of rotatable bonds is 17. The van der Waals surface area contributed by atoms with E-state index in [1.165, 1.54) is 83.7 Å². The molecule has 0 radical (unpaired) electrons. The third-order valence-electron chi connectivity index (χ3n) is 5.06. The van der Waals surface area contributed by atoms with Crippen molar-refractivity contribution in [2.75, 3.05) is 13.1 Å². The van der Waals surface area contributed by atoms with Crippen LogP contribution in [0.3, 0.4) is 0 Å². The molecule has 0 amide bonds. The highest BCUT2D eigenvalue weighted by Gasteiger charge is 2.24. The van der Waals surface area contributed by atoms with Crippen LogP contribution in [0.1, 0.15) is 84.5 Å². The Labute approximate surface area is 201 Å². The smallest absolute Gasteiger partial charge is 0.395 e. The number of benzene rings is 2. The molecule has 0 fully saturated rings. The van der Waals surface area contributed by atoms with Crippen molar-refractivity contribution in [1.82, 2.24) is 5.32 Å². The van der Waals surface area contributed by atoms with Crippen LogP contribution in [0.4, 0.5) is 0 Å². The van der Waals surface area contributed by atoms with E-state index in [0.29, 0.717) is 0 Å². The summed E-state index contributed by atoms with van der Waals surface area (Å²) in [5.41, 5.74) is 0. The lowest BCUT2D eigenvalue weighted by Gasteiger charge is -2.13. The van der Waals surface area contributed by atoms with Gasteiger partial charge >= 0.3 is 7.82 Å². The summed E-state index contributed by atoms with van der Waals surface area (Å²) in [7, 11) is -4.14. The normalized spacial score (nSPS) is 10.9. The molecule has 0 aliphatic carbocycles. The Morgan fingerprint density at radius 3 is 1.48 bits per heavy atom. The van der Waals surface area contributed by atoms with Crippen LogP contribution in [0.15, 0.2) is 60.7 Å². The van der Waals surface area contributed by atoms with Crippen LogP contribution in [0.25, 0.3) is 0 Å². The van der Waals surface area contributed by atoms with Gasteiger partial charge in [0.2, 0.25) is 0 Å². The zero-order valence-electron chi connectivity index (χ0n) is 20.6. The van der Waals surface area contributed by atoms with Crippen molar-refractivity contribution in [3.63, 3.8) is 0 Å². The quantitative estimate of drug-likeness (QED) is 0.178. The van der Waals surface area contributed by atoms with E-state index < -0.39 is 7.82 Å². The number of hydrogen-bond donors (Lipinski definition) is 2. The Kier molecular flexibility index (Phi) is 17.4. The van der Waals surface area contributed by atoms with Gasteiger partial charge in [-0.2, -0.15) is 0 Å². The maximum absolute atomic E-state index is 11.7. The van der Waals surface area contributed by atoms with Crippen molar-refractivity contribution in [2.45, 2.75) is 84.5 Å². The molecule has 186 valence electrons. The van der Waals surface area contributed by atoms with Crippen LogP contribution in [0.5, 0.6) is 11.5 Å². The highest BCUT2D eigenvalue weighted by atomic mass is 31.2. The first kappa shape index (κ1) is 29.2. The third-order valence-corrected chi connectivity index (χ3v) is 5.94. The first-order chi connectivity index (χ1) is 16.1. The highest BCUT2D eigenvalue weighted by Crippen LogP contribution is 2.44. The lowest BCUT2D eigenvalue weighted by atomic mass is 10.1. The predicted molar refractivity (Wildman–Crippen MR) is 139 cm³/mol. The van der Waals surface area contributed by atoms with Crippen molar-refractivity contribution >= 4 is 7.82 Å². The molecule has 0 atom stereocenters. The number of hydrogen-bond acceptors (Lipinski definition) is 4. The lowest BCUT2D eigenvalue weighted by molar-refractivity contribution is 0.291. The van der Waals surface area contributed by atoms with Gasteiger partial charge in [-0.1, -0.05) is 108 Å². The van der Waals surface area contributed by atoms with Crippen LogP contribution < -0.4 is 14.4 Å². The average Bonchev–Trinajstić information content (AvgIpc) is 2.81. The molecule has 0 spiro atoms. The maximum Gasteiger partial charge on any atom is 0.584 e. The van der Waals surface area contributed by atoms with E-state index in [0.717, 1.165) is 0 Å². The second-order valence-corrected chi connectivity index (χ2v) is 9.51. The minimum atomic E-state index is -4.14. The second kappa shape index (κ2) is 19.6. The Morgan fingerprint density at radius 1 is 0.636 bits per heavy atom. The first-order valence-electron chi connectivity index (χ1n) is 12.6. The van der Waals surface area contributed by atoms with Crippen molar-refractivity contribution < 1.29 is 18.5 Å². The maximum atomic E-state index is 11.7. The number of phosphoric acid groups is 1. The first-order valence-corrected chi connectivity index (χ1v) is 14.1. The Hall–Kier alpha value is -1.81. The summed E-state index contributed by atoms with van der Waals surface area (Å²) in [6, 6.07) is 16.7. The van der Waals surface area contributed by atoms with E-state index >= 15 is 0 Å². The Balaban J connectivity index is 0.000000331. The molecule has 0 aliphatic rings. The fraction of sp³-hybridized carbons (Fsp3) is 0.556. The monoisotopic (exact) mass is 477 g/mol. The molecular formula is C27H44NO4P. The summed E-state index contributed by atoms with van der Waals surface area (Å²) in [4.78, 5) is 9.53. The van der Waals surface area contributed by atoms with Crippen LogP contribution >= 0.6 is 7.82 Å². The van der Waals surface area contributed by atoms with Crippen LogP contribution in [-0.4, -0.2) is 18.0 Å². The summed E-state index contributed by atoms with van der Waals surface area (Å²) in [6.07, 6.45) is 15.6. The SMILES string of the molecule is CCCCCCCCCCCCNCCC.O=P(O)(Oc1ccccc1)Oc1ccccc1. The molecule has 0 aliphatic heterocycles. The molecule has 2 aromatic carbocycles. The summed E-state index contributed by atoms with van der Waals surface area (Å²) in [6.45, 7) is 6.93. The van der Waals surface area contributed by atoms with E-state index in [1.807, 2.05) is 0 Å². The summed E-state index contributed by atoms with van der Waals surface area (Å²) in [5, 5.41) is 3.46. The van der Waals surface area contributed by atoms with Gasteiger partial charge in [0, 0.05) is 0 Å². The fourth-order valence-corrected chi connectivity index (χ4v) is 4.10. The number of phosphoric ester groups is 1. The van der Waals surface area contributed by atoms with Gasteiger partial charge in [0.25, 0.3) is 0 Å². The van der Waals surface area contributed by atoms with Gasteiger partial charge in [0.05, 0.1) is 0 Å². The highest BCUT2D eigenvalue weighted by molar-refractivity contribution is 7.48. The molecule has 0 saturated carbocycles. The predicted octanol–water partition coefficient (Wildman–Crippen LogP) is 8.15. The van der Waals surface area contributed by atoms with Crippen LogP contribution in [0.2, 0.25) is 0 Å². The molecule has 6 heteroatoms. The molecule has 2 N–H and O–H groups in total. The van der Waals surface area contributed by atoms with E-state index in [-0.39, 0.29) is 11.5 Å². The molecule has 2 aromatic rings. The van der Waals surface area contributed by atoms with Gasteiger partial charge in [0.15, 0.2) is 0 Å². The molecular weight excluding hydrogens is 433 g/mol. The lowest BCUT2D eigenvalue weighted by Crippen LogP contribution is -2.15. The van der Waals surface area contributed by atoms with E-state index in [2.05, 4.69) is 19.2 Å². The molecule has 33 heavy (non-hydrogen) atoms. The van der Waals surface area contributed by atoms with Crippen molar-refractivity contribution in [3.8, 4) is 11.5 Å². The third kappa shape index (κ3) is 17.3. The molecule has 2 rings (SSSR count). The Morgan fingerprint density at radius 2 is 1.06 bits per heavy atom. The van der Waals surface area contributed by atoms with Gasteiger partial charge in [-0.3, -0.25) is 4.89 Å². The van der Waals surface area contributed by atoms with Gasteiger partial charge in [-0.15, -0.1) is 0 Å². The topological polar surface area (TPSA) is 67.8 Å². The number of nitrogens with one attached hydrogen (secondary N) is 1. The summed E-state index contributed by atoms with van der Waals surface area (Å²) in [5.74, 6) is 0.573. The second-order valence-electron chi connectivity index (χ2n) is 8.21. The summed E-state index contributed by atoms with van der Waals surface area (Å²) < 4.78 is 21.5. The minimum Gasteiger partial charge on any atom is -0.395 e. The van der Waals surface area contributed by atoms with Crippen LogP contribution in [0, 0.1) is 0 Å². The number of unbranched alkanes of at least 4 members (excludes halogenated alkanes) is 9. The standard InChI is InChI=1S/C15H33N.C12H11O4P/c1-3-5-6-7-8-9-10-11-12-13-15-16-14-4-2;13-17(14,15-11-7-3-1-4-8-11)16-12-9-5-2-6-10-12/h16H,3-15H2,1-2H3;1-10H,(H,13,14). The molecule has 0 bridgehead atoms. The van der Waals surface area contributed by atoms with Gasteiger partial charge in [-0.25, -0.2) is 4.57 Å². The molecule has 5 nitrogen and oxygen atoms in total. The largest absolute Gasteiger partial charge is 0.584 e. The van der Waals surface area contributed by atoms with Crippen molar-refractivity contribution in [2.24, 2.45) is 0 Å². The average molecular weight is 478 g/mol. The zero-order chi connectivity index (χ0) is 24.0. The van der Waals surface area contributed by atoms with Crippen molar-refractivity contribution in [3.05, 3.63) is 60.7 Å². The van der Waals surface area contributed by atoms with Gasteiger partial charge < -0.3 is 14.4 Å².